The minimum absolute atomic E-state index is 0.457. The normalized spacial score (nSPS) is 14.2. The first-order valence-corrected chi connectivity index (χ1v) is 5.04. The van der Waals surface area contributed by atoms with Crippen LogP contribution in [0.5, 0.6) is 0 Å². The summed E-state index contributed by atoms with van der Waals surface area (Å²) in [6.45, 7) is 3.13. The summed E-state index contributed by atoms with van der Waals surface area (Å²) in [5.41, 5.74) is 4.82. The average Bonchev–Trinajstić information content (AvgIpc) is 2.21. The van der Waals surface area contributed by atoms with Gasteiger partial charge in [-0.1, -0.05) is 6.92 Å². The van der Waals surface area contributed by atoms with Crippen molar-refractivity contribution in [2.24, 2.45) is 11.7 Å². The second-order valence-corrected chi connectivity index (χ2v) is 3.88. The van der Waals surface area contributed by atoms with Crippen LogP contribution in [-0.4, -0.2) is 11.9 Å². The molecule has 1 aromatic carbocycles. The van der Waals surface area contributed by atoms with Crippen molar-refractivity contribution >= 4 is 11.6 Å². The molecule has 94 valence electrons. The maximum absolute atomic E-state index is 13.2. The van der Waals surface area contributed by atoms with E-state index in [1.165, 1.54) is 6.92 Å². The lowest BCUT2D eigenvalue weighted by molar-refractivity contribution is -0.119. The Morgan fingerprint density at radius 2 is 1.71 bits per heavy atom. The Hall–Kier alpha value is -1.56. The van der Waals surface area contributed by atoms with Gasteiger partial charge in [0.25, 0.3) is 0 Å². The number of hydrogen-bond acceptors (Lipinski definition) is 2. The molecule has 2 unspecified atom stereocenters. The number of nitrogens with one attached hydrogen (secondary N) is 1. The van der Waals surface area contributed by atoms with Gasteiger partial charge in [-0.05, 0) is 6.92 Å². The molecule has 0 aliphatic rings. The fourth-order valence-electron chi connectivity index (χ4n) is 1.14. The summed E-state index contributed by atoms with van der Waals surface area (Å²) >= 11 is 0. The Morgan fingerprint density at radius 3 is 2.12 bits per heavy atom. The highest BCUT2D eigenvalue weighted by Gasteiger charge is 2.20. The van der Waals surface area contributed by atoms with E-state index in [9.17, 15) is 18.0 Å². The maximum Gasteiger partial charge on any atom is 0.228 e. The largest absolute Gasteiger partial charge is 0.327 e. The van der Waals surface area contributed by atoms with Gasteiger partial charge in [0.15, 0.2) is 11.6 Å². The minimum Gasteiger partial charge on any atom is -0.327 e. The van der Waals surface area contributed by atoms with Crippen LogP contribution < -0.4 is 11.1 Å². The number of carbonyl (C=O) groups excluding carboxylic acids is 1. The van der Waals surface area contributed by atoms with Gasteiger partial charge in [0.1, 0.15) is 11.5 Å². The number of anilines is 1. The van der Waals surface area contributed by atoms with Gasteiger partial charge in [0, 0.05) is 18.2 Å². The third kappa shape index (κ3) is 3.20. The van der Waals surface area contributed by atoms with Crippen LogP contribution in [0.15, 0.2) is 12.1 Å². The smallest absolute Gasteiger partial charge is 0.228 e. The zero-order valence-electron chi connectivity index (χ0n) is 9.43. The van der Waals surface area contributed by atoms with Crippen molar-refractivity contribution in [1.29, 1.82) is 0 Å². The molecule has 0 aliphatic heterocycles. The maximum atomic E-state index is 13.2. The Kier molecular flexibility index (Phi) is 4.11. The zero-order chi connectivity index (χ0) is 13.2. The Morgan fingerprint density at radius 1 is 1.24 bits per heavy atom. The topological polar surface area (TPSA) is 55.1 Å². The molecule has 0 aliphatic carbocycles. The molecule has 0 saturated carbocycles. The van der Waals surface area contributed by atoms with Gasteiger partial charge in [-0.25, -0.2) is 13.2 Å². The predicted octanol–water partition coefficient (Wildman–Crippen LogP) is 2.03. The lowest BCUT2D eigenvalue weighted by Gasteiger charge is -2.16. The van der Waals surface area contributed by atoms with E-state index < -0.39 is 41.0 Å². The van der Waals surface area contributed by atoms with Crippen LogP contribution >= 0.6 is 0 Å². The monoisotopic (exact) mass is 246 g/mol. The fourth-order valence-corrected chi connectivity index (χ4v) is 1.14. The number of carbonyl (C=O) groups is 1. The number of amides is 1. The fraction of sp³-hybridized carbons (Fsp3) is 0.364. The summed E-state index contributed by atoms with van der Waals surface area (Å²) < 4.78 is 39.0. The summed E-state index contributed by atoms with van der Waals surface area (Å²) in [5.74, 6) is -4.60. The second-order valence-electron chi connectivity index (χ2n) is 3.88. The molecule has 0 spiro atoms. The standard InChI is InChI=1S/C11H13F3N2O/c1-5(6(2)15)11(17)16-10-8(13)3-7(12)4-9(10)14/h3-6H,15H2,1-2H3,(H,16,17). The third-order valence-electron chi connectivity index (χ3n) is 2.46. The van der Waals surface area contributed by atoms with Gasteiger partial charge in [-0.3, -0.25) is 4.79 Å². The number of halogens is 3. The Balaban J connectivity index is 2.93. The highest BCUT2D eigenvalue weighted by atomic mass is 19.1. The van der Waals surface area contributed by atoms with E-state index in [4.69, 9.17) is 5.73 Å². The van der Waals surface area contributed by atoms with Crippen molar-refractivity contribution in [3.63, 3.8) is 0 Å². The van der Waals surface area contributed by atoms with Gasteiger partial charge in [-0.15, -0.1) is 0 Å². The minimum atomic E-state index is -1.16. The summed E-state index contributed by atoms with van der Waals surface area (Å²) in [6.07, 6.45) is 0. The molecule has 6 heteroatoms. The van der Waals surface area contributed by atoms with Gasteiger partial charge in [-0.2, -0.15) is 0 Å². The SMILES string of the molecule is CC(N)C(C)C(=O)Nc1c(F)cc(F)cc1F. The van der Waals surface area contributed by atoms with Crippen LogP contribution in [0.4, 0.5) is 18.9 Å². The molecule has 0 fully saturated rings. The van der Waals surface area contributed by atoms with Crippen LogP contribution in [0.25, 0.3) is 0 Å². The van der Waals surface area contributed by atoms with Gasteiger partial charge in [0.05, 0.1) is 5.92 Å². The molecule has 1 amide bonds. The van der Waals surface area contributed by atoms with Crippen molar-refractivity contribution in [3.05, 3.63) is 29.6 Å². The van der Waals surface area contributed by atoms with E-state index in [1.54, 1.807) is 6.92 Å². The van der Waals surface area contributed by atoms with E-state index in [0.29, 0.717) is 12.1 Å². The van der Waals surface area contributed by atoms with Crippen LogP contribution in [0, 0.1) is 23.4 Å². The lowest BCUT2D eigenvalue weighted by atomic mass is 10.0. The number of benzene rings is 1. The van der Waals surface area contributed by atoms with Crippen LogP contribution in [0.2, 0.25) is 0 Å². The van der Waals surface area contributed by atoms with E-state index in [2.05, 4.69) is 5.32 Å². The molecule has 17 heavy (non-hydrogen) atoms. The molecule has 3 nitrogen and oxygen atoms in total. The van der Waals surface area contributed by atoms with Crippen LogP contribution in [0.3, 0.4) is 0 Å². The van der Waals surface area contributed by atoms with Crippen molar-refractivity contribution in [2.45, 2.75) is 19.9 Å². The molecule has 2 atom stereocenters. The van der Waals surface area contributed by atoms with Crippen molar-refractivity contribution < 1.29 is 18.0 Å². The van der Waals surface area contributed by atoms with E-state index in [1.807, 2.05) is 0 Å². The number of rotatable bonds is 3. The molecular formula is C11H13F3N2O. The van der Waals surface area contributed by atoms with Crippen molar-refractivity contribution in [2.75, 3.05) is 5.32 Å². The van der Waals surface area contributed by atoms with Crippen molar-refractivity contribution in [1.82, 2.24) is 0 Å². The number of nitrogens with two attached hydrogens (primary N) is 1. The zero-order valence-corrected chi connectivity index (χ0v) is 9.43. The first-order chi connectivity index (χ1) is 7.82. The van der Waals surface area contributed by atoms with E-state index in [0.717, 1.165) is 0 Å². The summed E-state index contributed by atoms with van der Waals surface area (Å²) in [6, 6.07) is 0.534. The molecule has 1 aromatic rings. The third-order valence-corrected chi connectivity index (χ3v) is 2.46. The van der Waals surface area contributed by atoms with Gasteiger partial charge >= 0.3 is 0 Å². The Labute approximate surface area is 96.8 Å². The van der Waals surface area contributed by atoms with Crippen LogP contribution in [-0.2, 0) is 4.79 Å². The van der Waals surface area contributed by atoms with E-state index in [-0.39, 0.29) is 0 Å². The summed E-state index contributed by atoms with van der Waals surface area (Å²) in [4.78, 5) is 11.5. The predicted molar refractivity (Wildman–Crippen MR) is 57.8 cm³/mol. The van der Waals surface area contributed by atoms with Gasteiger partial charge < -0.3 is 11.1 Å². The highest BCUT2D eigenvalue weighted by molar-refractivity contribution is 5.92. The van der Waals surface area contributed by atoms with E-state index >= 15 is 0 Å². The van der Waals surface area contributed by atoms with Gasteiger partial charge in [0.2, 0.25) is 5.91 Å². The molecule has 0 radical (unpaired) electrons. The molecule has 0 saturated heterocycles. The van der Waals surface area contributed by atoms with Crippen LogP contribution in [0.1, 0.15) is 13.8 Å². The molecule has 3 N–H and O–H groups in total. The number of hydrogen-bond donors (Lipinski definition) is 2. The quantitative estimate of drug-likeness (QED) is 0.857. The summed E-state index contributed by atoms with van der Waals surface area (Å²) in [5, 5.41) is 2.05. The Bertz CT molecular complexity index is 412. The average molecular weight is 246 g/mol. The lowest BCUT2D eigenvalue weighted by Crippen LogP contribution is -2.34. The summed E-state index contributed by atoms with van der Waals surface area (Å²) in [7, 11) is 0. The molecular weight excluding hydrogens is 233 g/mol. The molecule has 0 heterocycles. The second kappa shape index (κ2) is 5.18. The first kappa shape index (κ1) is 13.5. The molecule has 0 aromatic heterocycles. The highest BCUT2D eigenvalue weighted by Crippen LogP contribution is 2.21. The van der Waals surface area contributed by atoms with Crippen molar-refractivity contribution in [3.8, 4) is 0 Å². The molecule has 1 rings (SSSR count). The molecule has 0 bridgehead atoms. The first-order valence-electron chi connectivity index (χ1n) is 5.04.